The van der Waals surface area contributed by atoms with Gasteiger partial charge >= 0.3 is 0 Å². The Balaban J connectivity index is 1.47. The highest BCUT2D eigenvalue weighted by molar-refractivity contribution is 5.14. The van der Waals surface area contributed by atoms with Gasteiger partial charge in [-0.2, -0.15) is 0 Å². The number of aromatic nitrogens is 2. The average Bonchev–Trinajstić information content (AvgIpc) is 3.02. The fraction of sp³-hybridized carbons (Fsp3) is 0.471. The number of H-pyrrole nitrogens is 1. The second kappa shape index (κ2) is 6.87. The molecule has 2 atom stereocenters. The van der Waals surface area contributed by atoms with E-state index in [1.165, 1.54) is 18.4 Å². The van der Waals surface area contributed by atoms with Crippen molar-refractivity contribution in [1.82, 2.24) is 20.2 Å². The van der Waals surface area contributed by atoms with Crippen molar-refractivity contribution in [3.05, 3.63) is 54.1 Å². The van der Waals surface area contributed by atoms with Crippen LogP contribution in [0.4, 0.5) is 0 Å². The van der Waals surface area contributed by atoms with E-state index in [1.807, 2.05) is 12.4 Å². The summed E-state index contributed by atoms with van der Waals surface area (Å²) in [6.07, 6.45) is 6.09. The van der Waals surface area contributed by atoms with Gasteiger partial charge in [-0.25, -0.2) is 4.98 Å². The monoisotopic (exact) mass is 284 g/mol. The molecule has 2 heterocycles. The normalized spacial score (nSPS) is 23.3. The van der Waals surface area contributed by atoms with Crippen molar-refractivity contribution < 1.29 is 0 Å². The molecule has 1 fully saturated rings. The van der Waals surface area contributed by atoms with Crippen LogP contribution in [0.25, 0.3) is 0 Å². The van der Waals surface area contributed by atoms with E-state index in [9.17, 15) is 0 Å². The molecule has 21 heavy (non-hydrogen) atoms. The lowest BCUT2D eigenvalue weighted by atomic mass is 9.97. The highest BCUT2D eigenvalue weighted by Crippen LogP contribution is 2.20. The molecule has 1 aromatic carbocycles. The lowest BCUT2D eigenvalue weighted by Crippen LogP contribution is -2.46. The van der Waals surface area contributed by atoms with Gasteiger partial charge < -0.3 is 10.3 Å². The van der Waals surface area contributed by atoms with Crippen molar-refractivity contribution in [2.75, 3.05) is 6.54 Å². The van der Waals surface area contributed by atoms with Crippen LogP contribution >= 0.6 is 0 Å². The molecule has 4 heteroatoms. The summed E-state index contributed by atoms with van der Waals surface area (Å²) in [5.74, 6) is 1.02. The molecule has 1 aliphatic heterocycles. The van der Waals surface area contributed by atoms with Gasteiger partial charge in [-0.3, -0.25) is 4.90 Å². The average molecular weight is 284 g/mol. The third kappa shape index (κ3) is 3.93. The topological polar surface area (TPSA) is 44.0 Å². The molecule has 1 aliphatic rings. The molecule has 1 saturated heterocycles. The van der Waals surface area contributed by atoms with Gasteiger partial charge in [-0.05, 0) is 25.3 Å². The van der Waals surface area contributed by atoms with Crippen LogP contribution in [0.3, 0.4) is 0 Å². The predicted octanol–water partition coefficient (Wildman–Crippen LogP) is 2.55. The van der Waals surface area contributed by atoms with E-state index in [0.717, 1.165) is 25.5 Å². The highest BCUT2D eigenvalue weighted by atomic mass is 15.2. The van der Waals surface area contributed by atoms with Crippen LogP contribution in [-0.4, -0.2) is 33.5 Å². The van der Waals surface area contributed by atoms with Crippen LogP contribution in [0, 0.1) is 0 Å². The number of nitrogens with zero attached hydrogens (tertiary/aromatic N) is 2. The van der Waals surface area contributed by atoms with Gasteiger partial charge in [0, 0.05) is 37.6 Å². The summed E-state index contributed by atoms with van der Waals surface area (Å²) in [7, 11) is 0. The fourth-order valence-electron chi connectivity index (χ4n) is 3.09. The second-order valence-electron chi connectivity index (χ2n) is 5.94. The lowest BCUT2D eigenvalue weighted by Gasteiger charge is -2.38. The summed E-state index contributed by atoms with van der Waals surface area (Å²) in [6, 6.07) is 12.0. The van der Waals surface area contributed by atoms with E-state index >= 15 is 0 Å². The first-order valence-electron chi connectivity index (χ1n) is 7.81. The van der Waals surface area contributed by atoms with Crippen molar-refractivity contribution in [2.24, 2.45) is 0 Å². The van der Waals surface area contributed by atoms with Gasteiger partial charge in [-0.15, -0.1) is 0 Å². The van der Waals surface area contributed by atoms with E-state index in [1.54, 1.807) is 0 Å². The van der Waals surface area contributed by atoms with Crippen LogP contribution in [-0.2, 0) is 13.1 Å². The summed E-state index contributed by atoms with van der Waals surface area (Å²) in [5, 5.41) is 3.62. The molecule has 0 amide bonds. The molecule has 0 saturated carbocycles. The number of hydrogen-bond acceptors (Lipinski definition) is 3. The lowest BCUT2D eigenvalue weighted by molar-refractivity contribution is 0.128. The zero-order valence-corrected chi connectivity index (χ0v) is 12.6. The molecule has 0 aliphatic carbocycles. The molecule has 2 N–H and O–H groups in total. The fourth-order valence-corrected chi connectivity index (χ4v) is 3.09. The van der Waals surface area contributed by atoms with Crippen LogP contribution in [0.1, 0.15) is 31.2 Å². The van der Waals surface area contributed by atoms with E-state index < -0.39 is 0 Å². The first-order valence-corrected chi connectivity index (χ1v) is 7.81. The first kappa shape index (κ1) is 14.3. The summed E-state index contributed by atoms with van der Waals surface area (Å²) >= 11 is 0. The predicted molar refractivity (Wildman–Crippen MR) is 84.8 cm³/mol. The van der Waals surface area contributed by atoms with Crippen molar-refractivity contribution in [1.29, 1.82) is 0 Å². The molecule has 0 unspecified atom stereocenters. The van der Waals surface area contributed by atoms with E-state index in [-0.39, 0.29) is 0 Å². The van der Waals surface area contributed by atoms with Gasteiger partial charge in [0.2, 0.25) is 0 Å². The maximum Gasteiger partial charge on any atom is 0.120 e. The molecule has 1 aromatic heterocycles. The second-order valence-corrected chi connectivity index (χ2v) is 5.94. The van der Waals surface area contributed by atoms with E-state index in [4.69, 9.17) is 0 Å². The largest absolute Gasteiger partial charge is 0.348 e. The number of likely N-dealkylation sites (tertiary alicyclic amines) is 1. The number of nitrogens with one attached hydrogen (secondary N) is 2. The van der Waals surface area contributed by atoms with Crippen molar-refractivity contribution in [3.8, 4) is 0 Å². The molecular weight excluding hydrogens is 260 g/mol. The SMILES string of the molecule is C[C@@H]1C[C@H](NCc2ncc[nH]2)CCN1Cc1ccccc1. The molecule has 2 aromatic rings. The Bertz CT molecular complexity index is 523. The van der Waals surface area contributed by atoms with Crippen molar-refractivity contribution in [2.45, 2.75) is 44.9 Å². The third-order valence-electron chi connectivity index (χ3n) is 4.36. The summed E-state index contributed by atoms with van der Waals surface area (Å²) in [5.41, 5.74) is 1.41. The Morgan fingerprint density at radius 1 is 1.33 bits per heavy atom. The van der Waals surface area contributed by atoms with Crippen LogP contribution in [0.15, 0.2) is 42.7 Å². The van der Waals surface area contributed by atoms with Gasteiger partial charge in [0.05, 0.1) is 6.54 Å². The standard InChI is InChI=1S/C17H24N4/c1-14-11-16(20-12-17-18-8-9-19-17)7-10-21(14)13-15-5-3-2-4-6-15/h2-6,8-9,14,16,20H,7,10-13H2,1H3,(H,18,19)/t14-,16-/m1/s1. The van der Waals surface area contributed by atoms with E-state index in [2.05, 4.69) is 57.4 Å². The van der Waals surface area contributed by atoms with Crippen molar-refractivity contribution >= 4 is 0 Å². The van der Waals surface area contributed by atoms with Crippen LogP contribution in [0.5, 0.6) is 0 Å². The first-order chi connectivity index (χ1) is 10.3. The number of aromatic amines is 1. The molecule has 3 rings (SSSR count). The zero-order chi connectivity index (χ0) is 14.5. The smallest absolute Gasteiger partial charge is 0.120 e. The number of hydrogen-bond donors (Lipinski definition) is 2. The number of piperidine rings is 1. The number of rotatable bonds is 5. The molecule has 0 bridgehead atoms. The molecule has 4 nitrogen and oxygen atoms in total. The third-order valence-corrected chi connectivity index (χ3v) is 4.36. The maximum atomic E-state index is 4.26. The Morgan fingerprint density at radius 3 is 2.90 bits per heavy atom. The van der Waals surface area contributed by atoms with Crippen LogP contribution in [0.2, 0.25) is 0 Å². The zero-order valence-electron chi connectivity index (χ0n) is 12.6. The van der Waals surface area contributed by atoms with Gasteiger partial charge in [0.15, 0.2) is 0 Å². The van der Waals surface area contributed by atoms with E-state index in [0.29, 0.717) is 12.1 Å². The highest BCUT2D eigenvalue weighted by Gasteiger charge is 2.25. The number of imidazole rings is 1. The van der Waals surface area contributed by atoms with Gasteiger partial charge in [0.1, 0.15) is 5.82 Å². The Labute approximate surface area is 126 Å². The summed E-state index contributed by atoms with van der Waals surface area (Å²) < 4.78 is 0. The van der Waals surface area contributed by atoms with Gasteiger partial charge in [-0.1, -0.05) is 30.3 Å². The minimum Gasteiger partial charge on any atom is -0.348 e. The quantitative estimate of drug-likeness (QED) is 0.887. The summed E-state index contributed by atoms with van der Waals surface area (Å²) in [6.45, 7) is 5.39. The Morgan fingerprint density at radius 2 is 2.19 bits per heavy atom. The molecule has 112 valence electrons. The molecule has 0 radical (unpaired) electrons. The number of benzene rings is 1. The Kier molecular flexibility index (Phi) is 4.68. The maximum absolute atomic E-state index is 4.26. The Hall–Kier alpha value is -1.65. The summed E-state index contributed by atoms with van der Waals surface area (Å²) in [4.78, 5) is 9.99. The molecular formula is C17H24N4. The molecule has 0 spiro atoms. The van der Waals surface area contributed by atoms with Crippen molar-refractivity contribution in [3.63, 3.8) is 0 Å². The minimum absolute atomic E-state index is 0.595. The van der Waals surface area contributed by atoms with Crippen LogP contribution < -0.4 is 5.32 Å². The minimum atomic E-state index is 0.595. The van der Waals surface area contributed by atoms with Gasteiger partial charge in [0.25, 0.3) is 0 Å².